The number of allylic oxidation sites excluding steroid dienone is 2. The highest BCUT2D eigenvalue weighted by Crippen LogP contribution is 2.50. The van der Waals surface area contributed by atoms with Gasteiger partial charge in [0.1, 0.15) is 12.4 Å². The van der Waals surface area contributed by atoms with Gasteiger partial charge in [-0.25, -0.2) is 0 Å². The topological polar surface area (TPSA) is 55.8 Å². The molecule has 0 aromatic carbocycles. The van der Waals surface area contributed by atoms with E-state index in [0.29, 0.717) is 5.92 Å². The molecule has 1 N–H and O–H groups in total. The zero-order valence-corrected chi connectivity index (χ0v) is 12.6. The van der Waals surface area contributed by atoms with Crippen molar-refractivity contribution in [2.75, 3.05) is 13.3 Å². The van der Waals surface area contributed by atoms with E-state index in [1.165, 1.54) is 38.8 Å². The molecule has 2 aliphatic carbocycles. The standard InChI is InChI=1S/C15H21O4P/c1-20(16,17)18-10-12-6-3-7-15(19-12)14-9-8-13(14)11-4-2-5-11/h7,11-14H,2,4-5,8-10H2,1H3,(H,16,17). The SMILES string of the molecule is CP(=O)(O)OCC1C#CC=C(C2CCC2C2CCC2)O1. The summed E-state index contributed by atoms with van der Waals surface area (Å²) in [6.07, 6.45) is 8.01. The minimum absolute atomic E-state index is 0.0510. The molecule has 5 heteroatoms. The second-order valence-corrected chi connectivity index (χ2v) is 7.94. The summed E-state index contributed by atoms with van der Waals surface area (Å²) in [5, 5.41) is 0. The Morgan fingerprint density at radius 3 is 2.80 bits per heavy atom. The molecule has 1 heterocycles. The number of hydrogen-bond donors (Lipinski definition) is 1. The van der Waals surface area contributed by atoms with Crippen LogP contribution in [0.5, 0.6) is 0 Å². The largest absolute Gasteiger partial charge is 0.479 e. The van der Waals surface area contributed by atoms with Crippen LogP contribution in [-0.2, 0) is 13.8 Å². The van der Waals surface area contributed by atoms with Crippen molar-refractivity contribution in [3.8, 4) is 11.8 Å². The number of rotatable bonds is 5. The first kappa shape index (κ1) is 14.2. The van der Waals surface area contributed by atoms with Gasteiger partial charge in [0.25, 0.3) is 0 Å². The number of ether oxygens (including phenoxy) is 1. The fraction of sp³-hybridized carbons (Fsp3) is 0.733. The lowest BCUT2D eigenvalue weighted by Crippen LogP contribution is -2.38. The molecule has 20 heavy (non-hydrogen) atoms. The fourth-order valence-electron chi connectivity index (χ4n) is 3.22. The van der Waals surface area contributed by atoms with Crippen molar-refractivity contribution in [2.24, 2.45) is 17.8 Å². The Balaban J connectivity index is 1.55. The maximum absolute atomic E-state index is 11.1. The predicted molar refractivity (Wildman–Crippen MR) is 76.0 cm³/mol. The normalized spacial score (nSPS) is 35.5. The molecule has 0 saturated heterocycles. The van der Waals surface area contributed by atoms with Crippen LogP contribution in [0.15, 0.2) is 11.8 Å². The van der Waals surface area contributed by atoms with Crippen molar-refractivity contribution in [1.82, 2.24) is 0 Å². The summed E-state index contributed by atoms with van der Waals surface area (Å²) in [5.41, 5.74) is 0. The van der Waals surface area contributed by atoms with Gasteiger partial charge in [0, 0.05) is 18.7 Å². The maximum Gasteiger partial charge on any atom is 0.325 e. The lowest BCUT2D eigenvalue weighted by molar-refractivity contribution is 0.0110. The van der Waals surface area contributed by atoms with E-state index < -0.39 is 13.7 Å². The van der Waals surface area contributed by atoms with Gasteiger partial charge in [-0.2, -0.15) is 0 Å². The monoisotopic (exact) mass is 296 g/mol. The van der Waals surface area contributed by atoms with Gasteiger partial charge in [0.2, 0.25) is 0 Å². The first-order chi connectivity index (χ1) is 9.53. The third-order valence-corrected chi connectivity index (χ3v) is 5.28. The average molecular weight is 296 g/mol. The van der Waals surface area contributed by atoms with Crippen LogP contribution in [0.2, 0.25) is 0 Å². The van der Waals surface area contributed by atoms with Crippen LogP contribution in [0.4, 0.5) is 0 Å². The van der Waals surface area contributed by atoms with Crippen LogP contribution in [0.1, 0.15) is 32.1 Å². The zero-order chi connectivity index (χ0) is 14.2. The van der Waals surface area contributed by atoms with Gasteiger partial charge >= 0.3 is 7.60 Å². The van der Waals surface area contributed by atoms with Gasteiger partial charge in [-0.3, -0.25) is 4.57 Å². The molecule has 4 unspecified atom stereocenters. The van der Waals surface area contributed by atoms with E-state index in [1.807, 2.05) is 6.08 Å². The first-order valence-corrected chi connectivity index (χ1v) is 9.38. The molecule has 110 valence electrons. The maximum atomic E-state index is 11.1. The molecule has 0 radical (unpaired) electrons. The lowest BCUT2D eigenvalue weighted by atomic mass is 9.60. The molecule has 0 aromatic heterocycles. The second kappa shape index (κ2) is 5.56. The number of hydrogen-bond acceptors (Lipinski definition) is 3. The van der Waals surface area contributed by atoms with Gasteiger partial charge in [0.15, 0.2) is 6.10 Å². The molecule has 0 aromatic rings. The lowest BCUT2D eigenvalue weighted by Gasteiger charge is -2.46. The molecule has 2 fully saturated rings. The van der Waals surface area contributed by atoms with Gasteiger partial charge in [-0.1, -0.05) is 31.1 Å². The third kappa shape index (κ3) is 3.11. The van der Waals surface area contributed by atoms with E-state index in [-0.39, 0.29) is 6.61 Å². The molecule has 0 spiro atoms. The van der Waals surface area contributed by atoms with Crippen molar-refractivity contribution in [3.63, 3.8) is 0 Å². The van der Waals surface area contributed by atoms with E-state index in [9.17, 15) is 4.57 Å². The van der Waals surface area contributed by atoms with E-state index in [1.54, 1.807) is 0 Å². The van der Waals surface area contributed by atoms with Gasteiger partial charge in [-0.15, -0.1) is 0 Å². The van der Waals surface area contributed by atoms with E-state index in [2.05, 4.69) is 11.8 Å². The van der Waals surface area contributed by atoms with Crippen LogP contribution in [0.3, 0.4) is 0 Å². The molecule has 2 saturated carbocycles. The average Bonchev–Trinajstić information content (AvgIpc) is 2.29. The first-order valence-electron chi connectivity index (χ1n) is 7.35. The molecule has 0 bridgehead atoms. The highest BCUT2D eigenvalue weighted by atomic mass is 31.2. The van der Waals surface area contributed by atoms with Crippen LogP contribution >= 0.6 is 7.60 Å². The van der Waals surface area contributed by atoms with Crippen molar-refractivity contribution >= 4 is 7.60 Å². The summed E-state index contributed by atoms with van der Waals surface area (Å²) in [7, 11) is -3.46. The summed E-state index contributed by atoms with van der Waals surface area (Å²) >= 11 is 0. The Hall–Kier alpha value is -0.750. The molecule has 4 atom stereocenters. The van der Waals surface area contributed by atoms with Gasteiger partial charge in [-0.05, 0) is 24.7 Å². The Labute approximate surface area is 120 Å². The minimum Gasteiger partial charge on any atom is -0.479 e. The van der Waals surface area contributed by atoms with Crippen molar-refractivity contribution in [1.29, 1.82) is 0 Å². The Bertz CT molecular complexity index is 506. The highest BCUT2D eigenvalue weighted by Gasteiger charge is 2.42. The van der Waals surface area contributed by atoms with Gasteiger partial charge < -0.3 is 14.2 Å². The summed E-state index contributed by atoms with van der Waals surface area (Å²) in [4.78, 5) is 9.15. The van der Waals surface area contributed by atoms with Crippen LogP contribution in [-0.4, -0.2) is 24.3 Å². The highest BCUT2D eigenvalue weighted by molar-refractivity contribution is 7.51. The Morgan fingerprint density at radius 1 is 1.45 bits per heavy atom. The molecule has 4 nitrogen and oxygen atoms in total. The summed E-state index contributed by atoms with van der Waals surface area (Å²) in [6.45, 7) is 1.23. The third-order valence-electron chi connectivity index (χ3n) is 4.65. The van der Waals surface area contributed by atoms with Crippen molar-refractivity contribution < 1.29 is 18.7 Å². The second-order valence-electron chi connectivity index (χ2n) is 6.08. The molecular formula is C15H21O4P. The zero-order valence-electron chi connectivity index (χ0n) is 11.7. The molecule has 3 aliphatic rings. The van der Waals surface area contributed by atoms with Crippen molar-refractivity contribution in [2.45, 2.75) is 38.2 Å². The van der Waals surface area contributed by atoms with E-state index in [0.717, 1.165) is 17.6 Å². The summed E-state index contributed by atoms with van der Waals surface area (Å²) in [5.74, 6) is 8.96. The summed E-state index contributed by atoms with van der Waals surface area (Å²) < 4.78 is 21.9. The molecule has 0 amide bonds. The smallest absolute Gasteiger partial charge is 0.325 e. The van der Waals surface area contributed by atoms with Crippen LogP contribution in [0.25, 0.3) is 0 Å². The molecular weight excluding hydrogens is 275 g/mol. The van der Waals surface area contributed by atoms with Gasteiger partial charge in [0.05, 0.1) is 0 Å². The van der Waals surface area contributed by atoms with E-state index in [4.69, 9.17) is 14.2 Å². The minimum atomic E-state index is -3.46. The molecule has 1 aliphatic heterocycles. The fourth-order valence-corrected chi connectivity index (χ4v) is 3.63. The summed E-state index contributed by atoms with van der Waals surface area (Å²) in [6, 6.07) is 0. The molecule has 3 rings (SSSR count). The predicted octanol–water partition coefficient (Wildman–Crippen LogP) is 2.93. The van der Waals surface area contributed by atoms with Crippen molar-refractivity contribution in [3.05, 3.63) is 11.8 Å². The quantitative estimate of drug-likeness (QED) is 0.626. The van der Waals surface area contributed by atoms with E-state index >= 15 is 0 Å². The Kier molecular flexibility index (Phi) is 3.95. The van der Waals surface area contributed by atoms with Crippen LogP contribution in [0, 0.1) is 29.6 Å². The Morgan fingerprint density at radius 2 is 2.25 bits per heavy atom. The van der Waals surface area contributed by atoms with Crippen LogP contribution < -0.4 is 0 Å².